The molecule has 4 rings (SSSR count). The number of fused-ring (bicyclic) bond motifs is 1. The van der Waals surface area contributed by atoms with Crippen LogP contribution in [0.5, 0.6) is 5.75 Å². The Morgan fingerprint density at radius 2 is 1.97 bits per heavy atom. The molecule has 0 spiro atoms. The zero-order valence-electron chi connectivity index (χ0n) is 17.1. The van der Waals surface area contributed by atoms with E-state index in [0.717, 1.165) is 46.4 Å². The van der Waals surface area contributed by atoms with Crippen molar-refractivity contribution in [3.8, 4) is 5.75 Å². The quantitative estimate of drug-likeness (QED) is 0.398. The van der Waals surface area contributed by atoms with E-state index in [2.05, 4.69) is 16.2 Å². The highest BCUT2D eigenvalue weighted by Gasteiger charge is 2.18. The molecule has 31 heavy (non-hydrogen) atoms. The zero-order chi connectivity index (χ0) is 21.5. The number of nitrogens with one attached hydrogen (secondary N) is 1. The van der Waals surface area contributed by atoms with Crippen LogP contribution in [0.1, 0.15) is 28.7 Å². The molecule has 2 N–H and O–H groups in total. The van der Waals surface area contributed by atoms with Crippen molar-refractivity contribution in [1.29, 1.82) is 0 Å². The Kier molecular flexibility index (Phi) is 6.47. The number of carbonyl (C=O) groups is 1. The van der Waals surface area contributed by atoms with Crippen LogP contribution in [0.15, 0.2) is 78.2 Å². The van der Waals surface area contributed by atoms with Crippen molar-refractivity contribution in [3.05, 3.63) is 95.3 Å². The van der Waals surface area contributed by atoms with E-state index in [1.807, 2.05) is 67.0 Å². The molecule has 0 aliphatic heterocycles. The van der Waals surface area contributed by atoms with Gasteiger partial charge in [-0.3, -0.25) is 0 Å². The molecule has 1 aliphatic carbocycles. The maximum Gasteiger partial charge on any atom is 0.341 e. The van der Waals surface area contributed by atoms with Crippen LogP contribution in [0.2, 0.25) is 0 Å². The summed E-state index contributed by atoms with van der Waals surface area (Å²) >= 11 is 0. The van der Waals surface area contributed by atoms with E-state index in [4.69, 9.17) is 14.7 Å². The second kappa shape index (κ2) is 9.80. The number of oxime groups is 1. The van der Waals surface area contributed by atoms with Crippen molar-refractivity contribution in [2.24, 2.45) is 5.16 Å². The fourth-order valence-corrected chi connectivity index (χ4v) is 3.70. The fraction of sp³-hybridized carbons (Fsp3) is 0.200. The van der Waals surface area contributed by atoms with Crippen LogP contribution in [0.25, 0.3) is 5.57 Å². The smallest absolute Gasteiger partial charge is 0.341 e. The van der Waals surface area contributed by atoms with Gasteiger partial charge in [0.15, 0.2) is 6.61 Å². The monoisotopic (exact) mass is 416 g/mol. The van der Waals surface area contributed by atoms with Crippen LogP contribution >= 0.6 is 0 Å². The van der Waals surface area contributed by atoms with Crippen molar-refractivity contribution >= 4 is 17.3 Å². The standard InChI is InChI=1S/C25H24N2O4/c28-25(29)17-30-24-11-5-9-21-20(8-4-10-22(21)24)16-31-27-23(14-18-12-13-26-15-18)19-6-2-1-3-7-19/h1-3,5-9,11-13,15,26H,4,10,14,16-17H2,(H,28,29)/b27-23+. The molecule has 0 saturated heterocycles. The van der Waals surface area contributed by atoms with Crippen molar-refractivity contribution in [2.45, 2.75) is 19.3 Å². The first kappa shape index (κ1) is 20.5. The van der Waals surface area contributed by atoms with Crippen LogP contribution in [0, 0.1) is 0 Å². The number of carboxylic acids is 1. The first-order valence-corrected chi connectivity index (χ1v) is 10.2. The van der Waals surface area contributed by atoms with E-state index in [-0.39, 0.29) is 6.61 Å². The first-order valence-electron chi connectivity index (χ1n) is 10.2. The Morgan fingerprint density at radius 3 is 2.74 bits per heavy atom. The lowest BCUT2D eigenvalue weighted by Crippen LogP contribution is -2.13. The van der Waals surface area contributed by atoms with Gasteiger partial charge in [-0.25, -0.2) is 4.79 Å². The van der Waals surface area contributed by atoms with Crippen LogP contribution in [-0.4, -0.2) is 35.0 Å². The predicted octanol–water partition coefficient (Wildman–Crippen LogP) is 4.47. The SMILES string of the molecule is O=C(O)COc1cccc2c1CCC=C2CO/N=C(\Cc1cc[nH]c1)c1ccccc1. The second-order valence-electron chi connectivity index (χ2n) is 7.31. The number of hydrogen-bond donors (Lipinski definition) is 2. The van der Waals surface area contributed by atoms with E-state index in [1.54, 1.807) is 0 Å². The number of aromatic amines is 1. The lowest BCUT2D eigenvalue weighted by Gasteiger charge is -2.20. The van der Waals surface area contributed by atoms with Crippen molar-refractivity contribution in [1.82, 2.24) is 4.98 Å². The highest BCUT2D eigenvalue weighted by atomic mass is 16.6. The maximum absolute atomic E-state index is 10.9. The summed E-state index contributed by atoms with van der Waals surface area (Å²) in [6.07, 6.45) is 8.31. The molecule has 1 aliphatic rings. The number of rotatable bonds is 9. The molecule has 0 fully saturated rings. The molecule has 0 bridgehead atoms. The number of H-pyrrole nitrogens is 1. The number of aromatic nitrogens is 1. The molecule has 0 radical (unpaired) electrons. The summed E-state index contributed by atoms with van der Waals surface area (Å²) in [5.41, 5.74) is 6.08. The summed E-state index contributed by atoms with van der Waals surface area (Å²) in [6.45, 7) is -0.0191. The number of hydrogen-bond acceptors (Lipinski definition) is 4. The normalized spacial score (nSPS) is 13.3. The average molecular weight is 416 g/mol. The molecule has 2 aromatic carbocycles. The third-order valence-corrected chi connectivity index (χ3v) is 5.15. The summed E-state index contributed by atoms with van der Waals surface area (Å²) in [5.74, 6) is -0.371. The summed E-state index contributed by atoms with van der Waals surface area (Å²) in [6, 6.07) is 17.7. The van der Waals surface area contributed by atoms with Crippen LogP contribution in [0.4, 0.5) is 0 Å². The molecule has 158 valence electrons. The molecule has 0 amide bonds. The van der Waals surface area contributed by atoms with E-state index < -0.39 is 5.97 Å². The van der Waals surface area contributed by atoms with Crippen LogP contribution in [0.3, 0.4) is 0 Å². The summed E-state index contributed by atoms with van der Waals surface area (Å²) in [7, 11) is 0. The number of ether oxygens (including phenoxy) is 1. The molecule has 0 saturated carbocycles. The zero-order valence-corrected chi connectivity index (χ0v) is 17.1. The largest absolute Gasteiger partial charge is 0.482 e. The van der Waals surface area contributed by atoms with E-state index >= 15 is 0 Å². The van der Waals surface area contributed by atoms with Gasteiger partial charge in [0.25, 0.3) is 0 Å². The summed E-state index contributed by atoms with van der Waals surface area (Å²) in [4.78, 5) is 19.8. The van der Waals surface area contributed by atoms with Crippen molar-refractivity contribution in [3.63, 3.8) is 0 Å². The summed E-state index contributed by atoms with van der Waals surface area (Å²) in [5, 5.41) is 13.4. The molecule has 0 atom stereocenters. The number of carboxylic acid groups (broad SMARTS) is 1. The Bertz CT molecular complexity index is 1090. The minimum Gasteiger partial charge on any atom is -0.482 e. The molecule has 0 unspecified atom stereocenters. The maximum atomic E-state index is 10.9. The Hall–Kier alpha value is -3.80. The minimum absolute atomic E-state index is 0.332. The molecular formula is C25H24N2O4. The Balaban J connectivity index is 1.50. The predicted molar refractivity (Wildman–Crippen MR) is 119 cm³/mol. The van der Waals surface area contributed by atoms with Gasteiger partial charge in [-0.05, 0) is 47.2 Å². The van der Waals surface area contributed by atoms with E-state index in [9.17, 15) is 4.79 Å². The van der Waals surface area contributed by atoms with Gasteiger partial charge < -0.3 is 19.7 Å². The van der Waals surface area contributed by atoms with Gasteiger partial charge in [0.1, 0.15) is 12.4 Å². The summed E-state index contributed by atoms with van der Waals surface area (Å²) < 4.78 is 5.48. The van der Waals surface area contributed by atoms with Crippen LogP contribution in [-0.2, 0) is 22.5 Å². The third kappa shape index (κ3) is 5.22. The topological polar surface area (TPSA) is 83.9 Å². The highest BCUT2D eigenvalue weighted by molar-refractivity contribution is 6.01. The first-order chi connectivity index (χ1) is 15.2. The second-order valence-corrected chi connectivity index (χ2v) is 7.31. The van der Waals surface area contributed by atoms with Gasteiger partial charge in [0.05, 0.1) is 5.71 Å². The Labute approximate surface area is 180 Å². The lowest BCUT2D eigenvalue weighted by atomic mass is 9.90. The minimum atomic E-state index is -0.988. The molecule has 1 heterocycles. The van der Waals surface area contributed by atoms with E-state index in [0.29, 0.717) is 18.8 Å². The molecule has 3 aromatic rings. The van der Waals surface area contributed by atoms with Gasteiger partial charge in [-0.1, -0.05) is 53.7 Å². The molecule has 6 nitrogen and oxygen atoms in total. The highest BCUT2D eigenvalue weighted by Crippen LogP contribution is 2.33. The van der Waals surface area contributed by atoms with Gasteiger partial charge in [-0.2, -0.15) is 0 Å². The number of benzene rings is 2. The lowest BCUT2D eigenvalue weighted by molar-refractivity contribution is -0.139. The van der Waals surface area contributed by atoms with Gasteiger partial charge in [-0.15, -0.1) is 0 Å². The molecule has 6 heteroatoms. The van der Waals surface area contributed by atoms with Crippen LogP contribution < -0.4 is 4.74 Å². The Morgan fingerprint density at radius 1 is 1.10 bits per heavy atom. The number of nitrogens with zero attached hydrogens (tertiary/aromatic N) is 1. The van der Waals surface area contributed by atoms with Crippen molar-refractivity contribution in [2.75, 3.05) is 13.2 Å². The van der Waals surface area contributed by atoms with Gasteiger partial charge in [0.2, 0.25) is 0 Å². The average Bonchev–Trinajstić information content (AvgIpc) is 3.31. The van der Waals surface area contributed by atoms with Gasteiger partial charge >= 0.3 is 5.97 Å². The van der Waals surface area contributed by atoms with Gasteiger partial charge in [0, 0.05) is 24.4 Å². The van der Waals surface area contributed by atoms with Crippen molar-refractivity contribution < 1.29 is 19.5 Å². The fourth-order valence-electron chi connectivity index (χ4n) is 3.70. The number of allylic oxidation sites excluding steroid dienone is 1. The third-order valence-electron chi connectivity index (χ3n) is 5.15. The molecule has 1 aromatic heterocycles. The number of aliphatic carboxylic acids is 1. The molecular weight excluding hydrogens is 392 g/mol. The van der Waals surface area contributed by atoms with E-state index in [1.165, 1.54) is 0 Å².